The minimum absolute atomic E-state index is 0.212. The zero-order valence-corrected chi connectivity index (χ0v) is 14.3. The smallest absolute Gasteiger partial charge is 0.340 e. The molecule has 0 saturated carbocycles. The van der Waals surface area contributed by atoms with Gasteiger partial charge in [-0.05, 0) is 24.5 Å². The van der Waals surface area contributed by atoms with Crippen LogP contribution >= 0.6 is 11.8 Å². The quantitative estimate of drug-likeness (QED) is 0.401. The summed E-state index contributed by atoms with van der Waals surface area (Å²) >= 11 is 1.61. The van der Waals surface area contributed by atoms with Crippen molar-refractivity contribution in [3.63, 3.8) is 0 Å². The molecule has 4 nitrogen and oxygen atoms in total. The molecule has 2 aromatic carbocycles. The number of esters is 1. The molecule has 0 N–H and O–H groups in total. The Labute approximate surface area is 144 Å². The van der Waals surface area contributed by atoms with E-state index in [9.17, 15) is 9.59 Å². The number of aryl methyl sites for hydroxylation is 1. The number of Topliss-reactive ketones (excluding diaryl/α,β-unsaturated/α-hetero) is 1. The number of ketones is 1. The van der Waals surface area contributed by atoms with Crippen LogP contribution in [-0.2, 0) is 11.8 Å². The normalized spacial score (nSPS) is 10.8. The molecule has 24 heavy (non-hydrogen) atoms. The van der Waals surface area contributed by atoms with E-state index >= 15 is 0 Å². The Morgan fingerprint density at radius 2 is 1.79 bits per heavy atom. The van der Waals surface area contributed by atoms with Crippen molar-refractivity contribution in [2.45, 2.75) is 4.90 Å². The third-order valence-electron chi connectivity index (χ3n) is 3.86. The Kier molecular flexibility index (Phi) is 4.71. The molecule has 1 heterocycles. The highest BCUT2D eigenvalue weighted by atomic mass is 32.2. The predicted molar refractivity (Wildman–Crippen MR) is 95.8 cm³/mol. The molecule has 0 fully saturated rings. The Hall–Kier alpha value is -2.53. The zero-order valence-electron chi connectivity index (χ0n) is 13.5. The van der Waals surface area contributed by atoms with Gasteiger partial charge in [0.25, 0.3) is 0 Å². The maximum absolute atomic E-state index is 12.3. The molecule has 5 heteroatoms. The average Bonchev–Trinajstić information content (AvgIpc) is 2.97. The standard InChI is InChI=1S/C19H17NO3S/c1-20-11-16(15-5-3-4-6-17(15)20)19(22)23-12-18(21)13-7-9-14(24-2)10-8-13/h3-11H,12H2,1-2H3. The molecule has 0 unspecified atom stereocenters. The lowest BCUT2D eigenvalue weighted by Crippen LogP contribution is -2.14. The number of thioether (sulfide) groups is 1. The van der Waals surface area contributed by atoms with E-state index in [0.29, 0.717) is 11.1 Å². The molecule has 0 bridgehead atoms. The van der Waals surface area contributed by atoms with Gasteiger partial charge in [0.2, 0.25) is 0 Å². The van der Waals surface area contributed by atoms with Crippen LogP contribution in [0, 0.1) is 0 Å². The Morgan fingerprint density at radius 1 is 1.08 bits per heavy atom. The first-order valence-electron chi connectivity index (χ1n) is 7.48. The van der Waals surface area contributed by atoms with Crippen LogP contribution in [0.4, 0.5) is 0 Å². The number of hydrogen-bond donors (Lipinski definition) is 0. The summed E-state index contributed by atoms with van der Waals surface area (Å²) in [6.07, 6.45) is 3.70. The molecule has 0 atom stereocenters. The Balaban J connectivity index is 1.71. The van der Waals surface area contributed by atoms with Crippen LogP contribution in [0.25, 0.3) is 10.9 Å². The number of fused-ring (bicyclic) bond motifs is 1. The third-order valence-corrected chi connectivity index (χ3v) is 4.61. The van der Waals surface area contributed by atoms with Crippen molar-refractivity contribution in [1.29, 1.82) is 0 Å². The van der Waals surface area contributed by atoms with Crippen molar-refractivity contribution < 1.29 is 14.3 Å². The van der Waals surface area contributed by atoms with Crippen LogP contribution in [0.1, 0.15) is 20.7 Å². The van der Waals surface area contributed by atoms with Crippen molar-refractivity contribution in [3.05, 3.63) is 65.9 Å². The average molecular weight is 339 g/mol. The fourth-order valence-corrected chi connectivity index (χ4v) is 2.98. The van der Waals surface area contributed by atoms with Gasteiger partial charge in [0.05, 0.1) is 5.56 Å². The fourth-order valence-electron chi connectivity index (χ4n) is 2.57. The number of nitrogens with zero attached hydrogens (tertiary/aromatic N) is 1. The number of ether oxygens (including phenoxy) is 1. The van der Waals surface area contributed by atoms with Crippen LogP contribution in [0.2, 0.25) is 0 Å². The van der Waals surface area contributed by atoms with Crippen molar-refractivity contribution in [1.82, 2.24) is 4.57 Å². The summed E-state index contributed by atoms with van der Waals surface area (Å²) in [6, 6.07) is 14.9. The molecule has 0 aliphatic rings. The van der Waals surface area contributed by atoms with Gasteiger partial charge in [-0.2, -0.15) is 0 Å². The minimum atomic E-state index is -0.485. The van der Waals surface area contributed by atoms with Gasteiger partial charge in [-0.3, -0.25) is 4.79 Å². The number of rotatable bonds is 5. The number of para-hydroxylation sites is 1. The monoisotopic (exact) mass is 339 g/mol. The van der Waals surface area contributed by atoms with Crippen molar-refractivity contribution >= 4 is 34.4 Å². The lowest BCUT2D eigenvalue weighted by Gasteiger charge is -2.04. The van der Waals surface area contributed by atoms with Gasteiger partial charge >= 0.3 is 5.97 Å². The molecular weight excluding hydrogens is 322 g/mol. The number of benzene rings is 2. The van der Waals surface area contributed by atoms with E-state index in [4.69, 9.17) is 4.74 Å². The van der Waals surface area contributed by atoms with Gasteiger partial charge in [-0.15, -0.1) is 11.8 Å². The molecule has 0 amide bonds. The molecule has 0 radical (unpaired) electrons. The molecule has 1 aromatic heterocycles. The van der Waals surface area contributed by atoms with Gasteiger partial charge in [0.15, 0.2) is 12.4 Å². The van der Waals surface area contributed by atoms with Gasteiger partial charge < -0.3 is 9.30 Å². The molecule has 0 aliphatic carbocycles. The first-order valence-corrected chi connectivity index (χ1v) is 8.71. The number of carbonyl (C=O) groups excluding carboxylic acids is 2. The van der Waals surface area contributed by atoms with Crippen LogP contribution in [0.15, 0.2) is 59.6 Å². The SMILES string of the molecule is CSc1ccc(C(=O)COC(=O)c2cn(C)c3ccccc23)cc1. The maximum Gasteiger partial charge on any atom is 0.340 e. The summed E-state index contributed by atoms with van der Waals surface area (Å²) in [4.78, 5) is 25.6. The zero-order chi connectivity index (χ0) is 17.1. The van der Waals surface area contributed by atoms with E-state index in [-0.39, 0.29) is 12.4 Å². The molecule has 122 valence electrons. The molecule has 3 rings (SSSR count). The third kappa shape index (κ3) is 3.21. The number of hydrogen-bond acceptors (Lipinski definition) is 4. The Bertz CT molecular complexity index is 897. The first-order chi connectivity index (χ1) is 11.6. The van der Waals surface area contributed by atoms with Crippen molar-refractivity contribution in [2.75, 3.05) is 12.9 Å². The van der Waals surface area contributed by atoms with E-state index in [1.54, 1.807) is 30.1 Å². The summed E-state index contributed by atoms with van der Waals surface area (Å²) in [5, 5.41) is 0.821. The van der Waals surface area contributed by atoms with Crippen LogP contribution in [-0.4, -0.2) is 29.2 Å². The maximum atomic E-state index is 12.3. The van der Waals surface area contributed by atoms with Crippen LogP contribution in [0.5, 0.6) is 0 Å². The van der Waals surface area contributed by atoms with E-state index < -0.39 is 5.97 Å². The Morgan fingerprint density at radius 3 is 2.50 bits per heavy atom. The summed E-state index contributed by atoms with van der Waals surface area (Å²) < 4.78 is 7.09. The highest BCUT2D eigenvalue weighted by Gasteiger charge is 2.16. The molecule has 0 aliphatic heterocycles. The highest BCUT2D eigenvalue weighted by Crippen LogP contribution is 2.21. The second-order valence-electron chi connectivity index (χ2n) is 5.40. The summed E-state index contributed by atoms with van der Waals surface area (Å²) in [7, 11) is 1.87. The first kappa shape index (κ1) is 16.3. The molecule has 0 spiro atoms. The van der Waals surface area contributed by atoms with Crippen molar-refractivity contribution in [2.24, 2.45) is 7.05 Å². The number of aromatic nitrogens is 1. The van der Waals surface area contributed by atoms with Crippen molar-refractivity contribution in [3.8, 4) is 0 Å². The largest absolute Gasteiger partial charge is 0.454 e. The summed E-state index contributed by atoms with van der Waals surface area (Å²) in [5.41, 5.74) is 1.96. The van der Waals surface area contributed by atoms with Gasteiger partial charge in [-0.1, -0.05) is 30.3 Å². The molecular formula is C19H17NO3S. The predicted octanol–water partition coefficient (Wildman–Crippen LogP) is 3.94. The lowest BCUT2D eigenvalue weighted by molar-refractivity contribution is 0.0476. The minimum Gasteiger partial charge on any atom is -0.454 e. The summed E-state index contributed by atoms with van der Waals surface area (Å²) in [6.45, 7) is -0.263. The second kappa shape index (κ2) is 6.93. The van der Waals surface area contributed by atoms with Gasteiger partial charge in [-0.25, -0.2) is 4.79 Å². The van der Waals surface area contributed by atoms with E-state index in [2.05, 4.69) is 0 Å². The highest BCUT2D eigenvalue weighted by molar-refractivity contribution is 7.98. The van der Waals surface area contributed by atoms with Crippen LogP contribution in [0.3, 0.4) is 0 Å². The van der Waals surface area contributed by atoms with Gasteiger partial charge in [0, 0.05) is 34.6 Å². The topological polar surface area (TPSA) is 48.3 Å². The molecule has 0 saturated heterocycles. The van der Waals surface area contributed by atoms with Gasteiger partial charge in [0.1, 0.15) is 0 Å². The van der Waals surface area contributed by atoms with E-state index in [0.717, 1.165) is 15.8 Å². The lowest BCUT2D eigenvalue weighted by atomic mass is 10.1. The summed E-state index contributed by atoms with van der Waals surface area (Å²) in [5.74, 6) is -0.697. The van der Waals surface area contributed by atoms with E-state index in [1.807, 2.05) is 54.3 Å². The fraction of sp³-hybridized carbons (Fsp3) is 0.158. The second-order valence-corrected chi connectivity index (χ2v) is 6.28. The number of carbonyl (C=O) groups is 2. The van der Waals surface area contributed by atoms with Crippen LogP contribution < -0.4 is 0 Å². The molecule has 3 aromatic rings. The van der Waals surface area contributed by atoms with E-state index in [1.165, 1.54) is 0 Å².